The van der Waals surface area contributed by atoms with Gasteiger partial charge >= 0.3 is 0 Å². The van der Waals surface area contributed by atoms with Crippen molar-refractivity contribution in [1.82, 2.24) is 5.32 Å². The number of benzene rings is 1. The van der Waals surface area contributed by atoms with Gasteiger partial charge in [-0.1, -0.05) is 49.4 Å². The van der Waals surface area contributed by atoms with E-state index in [1.165, 1.54) is 31.2 Å². The predicted octanol–water partition coefficient (Wildman–Crippen LogP) is 3.93. The molecule has 1 aromatic carbocycles. The number of aliphatic hydroxyl groups is 1. The van der Waals surface area contributed by atoms with Crippen molar-refractivity contribution < 1.29 is 5.11 Å². The molecule has 2 N–H and O–H groups in total. The first kappa shape index (κ1) is 14.8. The van der Waals surface area contributed by atoms with Gasteiger partial charge in [-0.25, -0.2) is 0 Å². The molecule has 2 nitrogen and oxygen atoms in total. The van der Waals surface area contributed by atoms with Crippen molar-refractivity contribution in [3.05, 3.63) is 34.9 Å². The van der Waals surface area contributed by atoms with Crippen LogP contribution in [0.25, 0.3) is 0 Å². The number of nitrogens with one attached hydrogen (secondary N) is 1. The SMILES string of the molecule is C[C@H](NCC(O)CC1CCCC1)c1cccc(Cl)c1. The summed E-state index contributed by atoms with van der Waals surface area (Å²) in [6.45, 7) is 2.76. The maximum absolute atomic E-state index is 10.1. The van der Waals surface area contributed by atoms with Gasteiger partial charge in [0.1, 0.15) is 0 Å². The van der Waals surface area contributed by atoms with E-state index in [4.69, 9.17) is 11.6 Å². The Bertz CT molecular complexity index is 390. The summed E-state index contributed by atoms with van der Waals surface area (Å²) >= 11 is 5.99. The lowest BCUT2D eigenvalue weighted by molar-refractivity contribution is 0.137. The van der Waals surface area contributed by atoms with Crippen LogP contribution in [0.5, 0.6) is 0 Å². The van der Waals surface area contributed by atoms with Crippen LogP contribution in [-0.2, 0) is 0 Å². The van der Waals surface area contributed by atoms with Gasteiger partial charge in [0.05, 0.1) is 6.10 Å². The highest BCUT2D eigenvalue weighted by atomic mass is 35.5. The summed E-state index contributed by atoms with van der Waals surface area (Å²) < 4.78 is 0. The summed E-state index contributed by atoms with van der Waals surface area (Å²) in [6.07, 6.45) is 5.97. The summed E-state index contributed by atoms with van der Waals surface area (Å²) in [6, 6.07) is 8.10. The largest absolute Gasteiger partial charge is 0.392 e. The summed E-state index contributed by atoms with van der Waals surface area (Å²) in [5.74, 6) is 0.735. The molecule has 0 heterocycles. The molecule has 1 aromatic rings. The van der Waals surface area contributed by atoms with E-state index in [0.29, 0.717) is 6.54 Å². The van der Waals surface area contributed by atoms with E-state index in [0.717, 1.165) is 17.4 Å². The molecule has 3 heteroatoms. The van der Waals surface area contributed by atoms with Crippen molar-refractivity contribution in [1.29, 1.82) is 0 Å². The predicted molar refractivity (Wildman–Crippen MR) is 80.5 cm³/mol. The molecule has 2 rings (SSSR count). The van der Waals surface area contributed by atoms with E-state index in [1.54, 1.807) is 0 Å². The van der Waals surface area contributed by atoms with Crippen molar-refractivity contribution in [3.63, 3.8) is 0 Å². The van der Waals surface area contributed by atoms with Crippen molar-refractivity contribution in [2.45, 2.75) is 51.2 Å². The maximum Gasteiger partial charge on any atom is 0.0667 e. The Kier molecular flexibility index (Phi) is 5.68. The zero-order valence-electron chi connectivity index (χ0n) is 11.6. The zero-order valence-corrected chi connectivity index (χ0v) is 12.4. The van der Waals surface area contributed by atoms with Crippen LogP contribution in [0.15, 0.2) is 24.3 Å². The van der Waals surface area contributed by atoms with Crippen LogP contribution in [0.4, 0.5) is 0 Å². The number of hydrogen-bond donors (Lipinski definition) is 2. The fourth-order valence-corrected chi connectivity index (χ4v) is 3.12. The van der Waals surface area contributed by atoms with Gasteiger partial charge in [-0.2, -0.15) is 0 Å². The van der Waals surface area contributed by atoms with Crippen molar-refractivity contribution in [2.75, 3.05) is 6.54 Å². The van der Waals surface area contributed by atoms with Crippen LogP contribution in [0.2, 0.25) is 5.02 Å². The van der Waals surface area contributed by atoms with E-state index in [-0.39, 0.29) is 12.1 Å². The quantitative estimate of drug-likeness (QED) is 0.828. The Morgan fingerprint density at radius 2 is 2.11 bits per heavy atom. The van der Waals surface area contributed by atoms with Gasteiger partial charge in [0.15, 0.2) is 0 Å². The van der Waals surface area contributed by atoms with Crippen molar-refractivity contribution in [3.8, 4) is 0 Å². The zero-order chi connectivity index (χ0) is 13.7. The van der Waals surface area contributed by atoms with E-state index in [9.17, 15) is 5.11 Å². The summed E-state index contributed by atoms with van der Waals surface area (Å²) in [7, 11) is 0. The first-order chi connectivity index (χ1) is 9.15. The molecule has 1 aliphatic carbocycles. The van der Waals surface area contributed by atoms with Gasteiger partial charge in [0.25, 0.3) is 0 Å². The topological polar surface area (TPSA) is 32.3 Å². The Balaban J connectivity index is 1.74. The number of halogens is 1. The Morgan fingerprint density at radius 1 is 1.37 bits per heavy atom. The minimum atomic E-state index is -0.232. The van der Waals surface area contributed by atoms with Crippen LogP contribution in [0, 0.1) is 5.92 Å². The second-order valence-electron chi connectivity index (χ2n) is 5.72. The fourth-order valence-electron chi connectivity index (χ4n) is 2.92. The van der Waals surface area contributed by atoms with Gasteiger partial charge in [0.2, 0.25) is 0 Å². The molecular formula is C16H24ClNO. The third-order valence-corrected chi connectivity index (χ3v) is 4.32. The second kappa shape index (κ2) is 7.28. The second-order valence-corrected chi connectivity index (χ2v) is 6.16. The van der Waals surface area contributed by atoms with E-state index in [1.807, 2.05) is 18.2 Å². The lowest BCUT2D eigenvalue weighted by atomic mass is 9.99. The molecular weight excluding hydrogens is 258 g/mol. The van der Waals surface area contributed by atoms with Gasteiger partial charge in [-0.05, 0) is 37.0 Å². The molecule has 2 atom stereocenters. The highest BCUT2D eigenvalue weighted by Gasteiger charge is 2.19. The number of aliphatic hydroxyl groups excluding tert-OH is 1. The average molecular weight is 282 g/mol. The molecule has 0 saturated heterocycles. The van der Waals surface area contributed by atoms with Crippen LogP contribution in [-0.4, -0.2) is 17.8 Å². The maximum atomic E-state index is 10.1. The highest BCUT2D eigenvalue weighted by molar-refractivity contribution is 6.30. The third-order valence-electron chi connectivity index (χ3n) is 4.09. The highest BCUT2D eigenvalue weighted by Crippen LogP contribution is 2.28. The van der Waals surface area contributed by atoms with Crippen molar-refractivity contribution >= 4 is 11.6 Å². The molecule has 0 amide bonds. The minimum absolute atomic E-state index is 0.219. The van der Waals surface area contributed by atoms with Crippen LogP contribution >= 0.6 is 11.6 Å². The fraction of sp³-hybridized carbons (Fsp3) is 0.625. The van der Waals surface area contributed by atoms with Crippen LogP contribution in [0.1, 0.15) is 50.6 Å². The normalized spacial score (nSPS) is 19.5. The Labute approximate surface area is 121 Å². The number of rotatable bonds is 6. The monoisotopic (exact) mass is 281 g/mol. The molecule has 1 unspecified atom stereocenters. The van der Waals surface area contributed by atoms with Gasteiger partial charge in [-0.3, -0.25) is 0 Å². The third kappa shape index (κ3) is 4.79. The average Bonchev–Trinajstić information content (AvgIpc) is 2.88. The first-order valence-electron chi connectivity index (χ1n) is 7.32. The first-order valence-corrected chi connectivity index (χ1v) is 7.70. The molecule has 0 bridgehead atoms. The standard InChI is InChI=1S/C16H24ClNO/c1-12(14-7-4-8-15(17)10-14)18-11-16(19)9-13-5-2-3-6-13/h4,7-8,10,12-13,16,18-19H,2-3,5-6,9,11H2,1H3/t12-,16?/m0/s1. The van der Waals surface area contributed by atoms with E-state index in [2.05, 4.69) is 18.3 Å². The molecule has 0 aliphatic heterocycles. The molecule has 19 heavy (non-hydrogen) atoms. The van der Waals surface area contributed by atoms with Crippen LogP contribution < -0.4 is 5.32 Å². The molecule has 0 radical (unpaired) electrons. The molecule has 1 aliphatic rings. The minimum Gasteiger partial charge on any atom is -0.392 e. The number of hydrogen-bond acceptors (Lipinski definition) is 2. The van der Waals surface area contributed by atoms with Crippen LogP contribution in [0.3, 0.4) is 0 Å². The van der Waals surface area contributed by atoms with Gasteiger partial charge in [-0.15, -0.1) is 0 Å². The molecule has 0 spiro atoms. The van der Waals surface area contributed by atoms with E-state index >= 15 is 0 Å². The smallest absolute Gasteiger partial charge is 0.0667 e. The lowest BCUT2D eigenvalue weighted by Gasteiger charge is -2.19. The van der Waals surface area contributed by atoms with Gasteiger partial charge < -0.3 is 10.4 Å². The molecule has 0 aromatic heterocycles. The Morgan fingerprint density at radius 3 is 2.79 bits per heavy atom. The van der Waals surface area contributed by atoms with Gasteiger partial charge in [0, 0.05) is 17.6 Å². The Hall–Kier alpha value is -0.570. The summed E-state index contributed by atoms with van der Waals surface area (Å²) in [5.41, 5.74) is 1.17. The molecule has 106 valence electrons. The summed E-state index contributed by atoms with van der Waals surface area (Å²) in [4.78, 5) is 0. The van der Waals surface area contributed by atoms with Crippen molar-refractivity contribution in [2.24, 2.45) is 5.92 Å². The summed E-state index contributed by atoms with van der Waals surface area (Å²) in [5, 5.41) is 14.2. The molecule has 1 saturated carbocycles. The van der Waals surface area contributed by atoms with E-state index < -0.39 is 0 Å². The molecule has 1 fully saturated rings. The lowest BCUT2D eigenvalue weighted by Crippen LogP contribution is -2.30.